The second kappa shape index (κ2) is 8.57. The van der Waals surface area contributed by atoms with Gasteiger partial charge in [-0.1, -0.05) is 12.1 Å². The fraction of sp³-hybridized carbons (Fsp3) is 0.278. The zero-order valence-electron chi connectivity index (χ0n) is 13.2. The summed E-state index contributed by atoms with van der Waals surface area (Å²) in [6, 6.07) is 14.3. The van der Waals surface area contributed by atoms with E-state index in [1.807, 2.05) is 24.3 Å². The van der Waals surface area contributed by atoms with Gasteiger partial charge in [-0.25, -0.2) is 0 Å². The summed E-state index contributed by atoms with van der Waals surface area (Å²) in [5.41, 5.74) is 7.43. The Hall–Kier alpha value is -2.24. The third-order valence-corrected chi connectivity index (χ3v) is 3.78. The molecule has 128 valence electrons. The Balaban J connectivity index is 0.00000208. The average Bonchev–Trinajstić information content (AvgIpc) is 3.08. The summed E-state index contributed by atoms with van der Waals surface area (Å²) in [4.78, 5) is 12.2. The molecule has 1 saturated heterocycles. The van der Waals surface area contributed by atoms with Gasteiger partial charge in [0, 0.05) is 18.0 Å². The van der Waals surface area contributed by atoms with Crippen molar-refractivity contribution in [2.45, 2.75) is 18.9 Å². The number of nitrogen functional groups attached to an aromatic ring is 1. The Bertz CT molecular complexity index is 670. The first kappa shape index (κ1) is 18.1. The van der Waals surface area contributed by atoms with Gasteiger partial charge in [0.1, 0.15) is 12.4 Å². The van der Waals surface area contributed by atoms with Gasteiger partial charge in [-0.3, -0.25) is 4.79 Å². The summed E-state index contributed by atoms with van der Waals surface area (Å²) in [7, 11) is 0. The number of ether oxygens (including phenoxy) is 2. The van der Waals surface area contributed by atoms with E-state index in [1.165, 1.54) is 0 Å². The van der Waals surface area contributed by atoms with Crippen LogP contribution in [0.25, 0.3) is 0 Å². The van der Waals surface area contributed by atoms with Crippen molar-refractivity contribution >= 4 is 29.7 Å². The lowest BCUT2D eigenvalue weighted by Crippen LogP contribution is -2.16. The quantitative estimate of drug-likeness (QED) is 0.811. The lowest BCUT2D eigenvalue weighted by molar-refractivity contribution is 0.0679. The number of nitrogens with two attached hydrogens (primary N) is 1. The molecule has 0 aliphatic carbocycles. The smallest absolute Gasteiger partial charge is 0.257 e. The number of para-hydroxylation sites is 1. The Morgan fingerprint density at radius 3 is 2.62 bits per heavy atom. The third kappa shape index (κ3) is 4.63. The number of benzene rings is 2. The molecule has 0 bridgehead atoms. The van der Waals surface area contributed by atoms with Gasteiger partial charge >= 0.3 is 0 Å². The van der Waals surface area contributed by atoms with Crippen LogP contribution in [0.15, 0.2) is 48.5 Å². The van der Waals surface area contributed by atoms with E-state index in [9.17, 15) is 4.79 Å². The van der Waals surface area contributed by atoms with E-state index in [1.54, 1.807) is 24.3 Å². The number of carbonyl (C=O) groups excluding carboxylic acids is 1. The van der Waals surface area contributed by atoms with E-state index in [2.05, 4.69) is 5.32 Å². The minimum absolute atomic E-state index is 0. The zero-order valence-corrected chi connectivity index (χ0v) is 14.1. The van der Waals surface area contributed by atoms with Crippen LogP contribution in [0.3, 0.4) is 0 Å². The van der Waals surface area contributed by atoms with Crippen LogP contribution in [-0.4, -0.2) is 25.2 Å². The molecule has 2 aromatic rings. The molecule has 0 radical (unpaired) electrons. The van der Waals surface area contributed by atoms with Gasteiger partial charge in [-0.05, 0) is 49.2 Å². The Morgan fingerprint density at radius 2 is 1.96 bits per heavy atom. The highest BCUT2D eigenvalue weighted by atomic mass is 35.5. The van der Waals surface area contributed by atoms with Crippen molar-refractivity contribution in [3.05, 3.63) is 54.1 Å². The number of rotatable bonds is 5. The molecule has 1 aliphatic heterocycles. The fourth-order valence-electron chi connectivity index (χ4n) is 2.50. The molecule has 3 rings (SSSR count). The highest BCUT2D eigenvalue weighted by Gasteiger charge is 2.16. The van der Waals surface area contributed by atoms with Gasteiger partial charge < -0.3 is 20.5 Å². The highest BCUT2D eigenvalue weighted by molar-refractivity contribution is 6.07. The number of nitrogens with one attached hydrogen (secondary N) is 1. The zero-order chi connectivity index (χ0) is 16.1. The normalized spacial score (nSPS) is 16.2. The predicted octanol–water partition coefficient (Wildman–Crippen LogP) is 3.50. The monoisotopic (exact) mass is 348 g/mol. The third-order valence-electron chi connectivity index (χ3n) is 3.78. The van der Waals surface area contributed by atoms with Crippen molar-refractivity contribution < 1.29 is 14.3 Å². The van der Waals surface area contributed by atoms with Gasteiger partial charge in [0.2, 0.25) is 0 Å². The molecule has 0 aromatic heterocycles. The highest BCUT2D eigenvalue weighted by Crippen LogP contribution is 2.19. The topological polar surface area (TPSA) is 73.6 Å². The first-order chi connectivity index (χ1) is 11.2. The molecule has 1 fully saturated rings. The Morgan fingerprint density at radius 1 is 1.21 bits per heavy atom. The van der Waals surface area contributed by atoms with Crippen molar-refractivity contribution in [2.24, 2.45) is 0 Å². The van der Waals surface area contributed by atoms with E-state index < -0.39 is 0 Å². The Kier molecular flexibility index (Phi) is 6.46. The maximum absolute atomic E-state index is 12.2. The summed E-state index contributed by atoms with van der Waals surface area (Å²) in [6.45, 7) is 1.38. The SMILES string of the molecule is Cl.Nc1ccccc1C(=O)Nc1ccc(OCC2CCCO2)cc1. The van der Waals surface area contributed by atoms with Crippen molar-refractivity contribution in [3.8, 4) is 5.75 Å². The minimum Gasteiger partial charge on any atom is -0.491 e. The maximum atomic E-state index is 12.2. The second-order valence-electron chi connectivity index (χ2n) is 5.51. The molecular weight excluding hydrogens is 328 g/mol. The maximum Gasteiger partial charge on any atom is 0.257 e. The number of hydrogen-bond donors (Lipinski definition) is 2. The van der Waals surface area contributed by atoms with Gasteiger partial charge in [0.05, 0.1) is 11.7 Å². The van der Waals surface area contributed by atoms with E-state index in [4.69, 9.17) is 15.2 Å². The molecule has 1 aliphatic rings. The van der Waals surface area contributed by atoms with Gasteiger partial charge in [0.15, 0.2) is 0 Å². The summed E-state index contributed by atoms with van der Waals surface area (Å²) < 4.78 is 11.2. The summed E-state index contributed by atoms with van der Waals surface area (Å²) in [6.07, 6.45) is 2.34. The van der Waals surface area contributed by atoms with Crippen molar-refractivity contribution in [1.29, 1.82) is 0 Å². The van der Waals surface area contributed by atoms with E-state index in [-0.39, 0.29) is 24.4 Å². The number of anilines is 2. The van der Waals surface area contributed by atoms with Crippen LogP contribution in [0.5, 0.6) is 5.75 Å². The molecule has 6 heteroatoms. The molecular formula is C18H21ClN2O3. The van der Waals surface area contributed by atoms with E-state index >= 15 is 0 Å². The number of carbonyl (C=O) groups is 1. The summed E-state index contributed by atoms with van der Waals surface area (Å²) in [5.74, 6) is 0.536. The van der Waals surface area contributed by atoms with Gasteiger partial charge in [-0.2, -0.15) is 0 Å². The van der Waals surface area contributed by atoms with Crippen LogP contribution in [0.1, 0.15) is 23.2 Å². The standard InChI is InChI=1S/C18H20N2O3.ClH/c19-17-6-2-1-5-16(17)18(21)20-13-7-9-14(10-8-13)23-12-15-4-3-11-22-15;/h1-2,5-10,15H,3-4,11-12,19H2,(H,20,21);1H. The lowest BCUT2D eigenvalue weighted by atomic mass is 10.1. The van der Waals surface area contributed by atoms with Crippen molar-refractivity contribution in [1.82, 2.24) is 0 Å². The van der Waals surface area contributed by atoms with Gasteiger partial charge in [-0.15, -0.1) is 12.4 Å². The van der Waals surface area contributed by atoms with Crippen molar-refractivity contribution in [2.75, 3.05) is 24.3 Å². The van der Waals surface area contributed by atoms with Crippen molar-refractivity contribution in [3.63, 3.8) is 0 Å². The first-order valence-corrected chi connectivity index (χ1v) is 7.73. The molecule has 5 nitrogen and oxygen atoms in total. The summed E-state index contributed by atoms with van der Waals surface area (Å²) in [5, 5.41) is 2.82. The molecule has 0 spiro atoms. The summed E-state index contributed by atoms with van der Waals surface area (Å²) >= 11 is 0. The largest absolute Gasteiger partial charge is 0.491 e. The first-order valence-electron chi connectivity index (χ1n) is 7.73. The fourth-order valence-corrected chi connectivity index (χ4v) is 2.50. The molecule has 0 saturated carbocycles. The van der Waals surface area contributed by atoms with Crippen LogP contribution in [0.2, 0.25) is 0 Å². The molecule has 2 aromatic carbocycles. The molecule has 1 heterocycles. The molecule has 1 unspecified atom stereocenters. The van der Waals surface area contributed by atoms with E-state index in [0.29, 0.717) is 23.5 Å². The van der Waals surface area contributed by atoms with Crippen LogP contribution in [-0.2, 0) is 4.74 Å². The second-order valence-corrected chi connectivity index (χ2v) is 5.51. The van der Waals surface area contributed by atoms with Gasteiger partial charge in [0.25, 0.3) is 5.91 Å². The Labute approximate surface area is 147 Å². The number of amides is 1. The number of hydrogen-bond acceptors (Lipinski definition) is 4. The van der Waals surface area contributed by atoms with Crippen LogP contribution < -0.4 is 15.8 Å². The minimum atomic E-state index is -0.226. The van der Waals surface area contributed by atoms with Crippen LogP contribution in [0, 0.1) is 0 Å². The lowest BCUT2D eigenvalue weighted by Gasteiger charge is -2.12. The predicted molar refractivity (Wildman–Crippen MR) is 97.0 cm³/mol. The van der Waals surface area contributed by atoms with E-state index in [0.717, 1.165) is 25.2 Å². The molecule has 3 N–H and O–H groups in total. The average molecular weight is 349 g/mol. The molecule has 24 heavy (non-hydrogen) atoms. The van der Waals surface area contributed by atoms with Crippen LogP contribution >= 0.6 is 12.4 Å². The number of halogens is 1. The molecule has 1 atom stereocenters. The molecule has 1 amide bonds. The van der Waals surface area contributed by atoms with Crippen LogP contribution in [0.4, 0.5) is 11.4 Å².